The largest absolute Gasteiger partial charge is 0.383 e. The van der Waals surface area contributed by atoms with Crippen molar-refractivity contribution in [3.63, 3.8) is 0 Å². The third kappa shape index (κ3) is 5.70. The number of rotatable bonds is 8. The van der Waals surface area contributed by atoms with Gasteiger partial charge in [0.15, 0.2) is 0 Å². The fourth-order valence-corrected chi connectivity index (χ4v) is 1.60. The molecule has 0 atom stereocenters. The van der Waals surface area contributed by atoms with Crippen LogP contribution in [0.1, 0.15) is 25.8 Å². The zero-order valence-corrected chi connectivity index (χ0v) is 11.8. The topological polar surface area (TPSA) is 64.4 Å². The standard InChI is InChI=1S/C14H22N2O3/c1-11(2)6-8-19-9-7-15-13-5-4-12(3)14(10-13)16(17)18/h4-5,10-11,15H,6-9H2,1-3H3. The molecule has 0 aliphatic carbocycles. The summed E-state index contributed by atoms with van der Waals surface area (Å²) in [6.45, 7) is 8.07. The number of nitrogens with zero attached hydrogens (tertiary/aromatic N) is 1. The number of hydrogen-bond donors (Lipinski definition) is 1. The van der Waals surface area contributed by atoms with Gasteiger partial charge in [-0.15, -0.1) is 0 Å². The average Bonchev–Trinajstić information content (AvgIpc) is 2.34. The van der Waals surface area contributed by atoms with Gasteiger partial charge in [0, 0.05) is 30.5 Å². The molecule has 1 aromatic rings. The number of aryl methyl sites for hydroxylation is 1. The second kappa shape index (κ2) is 7.74. The summed E-state index contributed by atoms with van der Waals surface area (Å²) in [6, 6.07) is 5.15. The third-order valence-electron chi connectivity index (χ3n) is 2.82. The average molecular weight is 266 g/mol. The molecule has 0 saturated carbocycles. The second-order valence-corrected chi connectivity index (χ2v) is 4.98. The highest BCUT2D eigenvalue weighted by atomic mass is 16.6. The molecule has 1 N–H and O–H groups in total. The first-order chi connectivity index (χ1) is 9.00. The minimum atomic E-state index is -0.361. The molecule has 0 radical (unpaired) electrons. The summed E-state index contributed by atoms with van der Waals surface area (Å²) >= 11 is 0. The van der Waals surface area contributed by atoms with E-state index in [0.717, 1.165) is 18.7 Å². The van der Waals surface area contributed by atoms with Gasteiger partial charge in [0.05, 0.1) is 11.5 Å². The molecule has 0 aliphatic heterocycles. The fourth-order valence-electron chi connectivity index (χ4n) is 1.60. The van der Waals surface area contributed by atoms with Crippen LogP contribution in [-0.2, 0) is 4.74 Å². The van der Waals surface area contributed by atoms with Crippen molar-refractivity contribution in [2.45, 2.75) is 27.2 Å². The Morgan fingerprint density at radius 2 is 2.11 bits per heavy atom. The van der Waals surface area contributed by atoms with Crippen molar-refractivity contribution in [2.24, 2.45) is 5.92 Å². The molecule has 0 heterocycles. The maximum atomic E-state index is 10.8. The van der Waals surface area contributed by atoms with E-state index in [2.05, 4.69) is 19.2 Å². The van der Waals surface area contributed by atoms with Gasteiger partial charge >= 0.3 is 0 Å². The summed E-state index contributed by atoms with van der Waals surface area (Å²) in [5.74, 6) is 0.646. The van der Waals surface area contributed by atoms with E-state index in [9.17, 15) is 10.1 Å². The minimum absolute atomic E-state index is 0.144. The Balaban J connectivity index is 2.34. The van der Waals surface area contributed by atoms with Crippen molar-refractivity contribution >= 4 is 11.4 Å². The molecule has 1 aromatic carbocycles. The number of nitro benzene ring substituents is 1. The SMILES string of the molecule is Cc1ccc(NCCOCCC(C)C)cc1[N+](=O)[O-]. The number of ether oxygens (including phenoxy) is 1. The summed E-state index contributed by atoms with van der Waals surface area (Å²) in [6.07, 6.45) is 1.05. The van der Waals surface area contributed by atoms with Gasteiger partial charge < -0.3 is 10.1 Å². The first-order valence-corrected chi connectivity index (χ1v) is 6.57. The van der Waals surface area contributed by atoms with Gasteiger partial charge in [0.2, 0.25) is 0 Å². The van der Waals surface area contributed by atoms with Crippen LogP contribution in [-0.4, -0.2) is 24.7 Å². The van der Waals surface area contributed by atoms with E-state index >= 15 is 0 Å². The number of nitrogens with one attached hydrogen (secondary N) is 1. The van der Waals surface area contributed by atoms with E-state index in [4.69, 9.17) is 4.74 Å². The van der Waals surface area contributed by atoms with E-state index < -0.39 is 0 Å². The van der Waals surface area contributed by atoms with Crippen LogP contribution in [0.5, 0.6) is 0 Å². The van der Waals surface area contributed by atoms with Crippen LogP contribution in [0.3, 0.4) is 0 Å². The maximum Gasteiger partial charge on any atom is 0.274 e. The monoisotopic (exact) mass is 266 g/mol. The molecule has 5 nitrogen and oxygen atoms in total. The number of anilines is 1. The number of hydrogen-bond acceptors (Lipinski definition) is 4. The van der Waals surface area contributed by atoms with Crippen LogP contribution in [0.4, 0.5) is 11.4 Å². The predicted octanol–water partition coefficient (Wildman–Crippen LogP) is 3.38. The molecule has 1 rings (SSSR count). The number of nitro groups is 1. The van der Waals surface area contributed by atoms with Crippen LogP contribution in [0.2, 0.25) is 0 Å². The van der Waals surface area contributed by atoms with Crippen molar-refractivity contribution in [1.29, 1.82) is 0 Å². The maximum absolute atomic E-state index is 10.8. The van der Waals surface area contributed by atoms with Gasteiger partial charge in [-0.3, -0.25) is 10.1 Å². The molecule has 106 valence electrons. The van der Waals surface area contributed by atoms with Crippen molar-refractivity contribution in [1.82, 2.24) is 0 Å². The van der Waals surface area contributed by atoms with E-state index in [0.29, 0.717) is 24.6 Å². The summed E-state index contributed by atoms with van der Waals surface area (Å²) < 4.78 is 5.47. The van der Waals surface area contributed by atoms with Crippen LogP contribution in [0.25, 0.3) is 0 Å². The lowest BCUT2D eigenvalue weighted by molar-refractivity contribution is -0.385. The summed E-state index contributed by atoms with van der Waals surface area (Å²) in [4.78, 5) is 10.4. The summed E-state index contributed by atoms with van der Waals surface area (Å²) in [5, 5.41) is 13.9. The molecule has 0 aliphatic rings. The van der Waals surface area contributed by atoms with Gasteiger partial charge in [0.1, 0.15) is 0 Å². The third-order valence-corrected chi connectivity index (χ3v) is 2.82. The van der Waals surface area contributed by atoms with Gasteiger partial charge in [-0.1, -0.05) is 19.9 Å². The molecule has 0 aromatic heterocycles. The molecule has 0 spiro atoms. The zero-order valence-electron chi connectivity index (χ0n) is 11.8. The Morgan fingerprint density at radius 1 is 1.37 bits per heavy atom. The van der Waals surface area contributed by atoms with Gasteiger partial charge in [-0.25, -0.2) is 0 Å². The predicted molar refractivity (Wildman–Crippen MR) is 76.6 cm³/mol. The molecule has 0 bridgehead atoms. The molecular weight excluding hydrogens is 244 g/mol. The van der Waals surface area contributed by atoms with Gasteiger partial charge in [0.25, 0.3) is 5.69 Å². The first kappa shape index (κ1) is 15.4. The highest BCUT2D eigenvalue weighted by Crippen LogP contribution is 2.21. The normalized spacial score (nSPS) is 10.7. The van der Waals surface area contributed by atoms with Gasteiger partial charge in [-0.2, -0.15) is 0 Å². The Morgan fingerprint density at radius 3 is 2.74 bits per heavy atom. The summed E-state index contributed by atoms with van der Waals surface area (Å²) in [5.41, 5.74) is 1.57. The molecule has 19 heavy (non-hydrogen) atoms. The van der Waals surface area contributed by atoms with Gasteiger partial charge in [-0.05, 0) is 25.3 Å². The lowest BCUT2D eigenvalue weighted by Crippen LogP contribution is -2.11. The smallest absolute Gasteiger partial charge is 0.274 e. The van der Waals surface area contributed by atoms with E-state index in [-0.39, 0.29) is 10.6 Å². The van der Waals surface area contributed by atoms with E-state index in [1.54, 1.807) is 19.1 Å². The van der Waals surface area contributed by atoms with Crippen LogP contribution < -0.4 is 5.32 Å². The van der Waals surface area contributed by atoms with Crippen molar-refractivity contribution in [3.05, 3.63) is 33.9 Å². The van der Waals surface area contributed by atoms with Crippen LogP contribution in [0, 0.1) is 23.0 Å². The minimum Gasteiger partial charge on any atom is -0.383 e. The van der Waals surface area contributed by atoms with E-state index in [1.165, 1.54) is 0 Å². The lowest BCUT2D eigenvalue weighted by Gasteiger charge is -2.09. The van der Waals surface area contributed by atoms with Crippen molar-refractivity contribution in [3.8, 4) is 0 Å². The molecule has 0 unspecified atom stereocenters. The van der Waals surface area contributed by atoms with Crippen molar-refractivity contribution < 1.29 is 9.66 Å². The highest BCUT2D eigenvalue weighted by Gasteiger charge is 2.10. The molecule has 5 heteroatoms. The molecular formula is C14H22N2O3. The Kier molecular flexibility index (Phi) is 6.29. The fraction of sp³-hybridized carbons (Fsp3) is 0.571. The quantitative estimate of drug-likeness (QED) is 0.445. The van der Waals surface area contributed by atoms with Crippen LogP contribution in [0.15, 0.2) is 18.2 Å². The van der Waals surface area contributed by atoms with E-state index in [1.807, 2.05) is 6.07 Å². The molecule has 0 fully saturated rings. The highest BCUT2D eigenvalue weighted by molar-refractivity contribution is 5.54. The Labute approximate surface area is 114 Å². The number of benzene rings is 1. The lowest BCUT2D eigenvalue weighted by atomic mass is 10.1. The molecule has 0 amide bonds. The second-order valence-electron chi connectivity index (χ2n) is 4.98. The zero-order chi connectivity index (χ0) is 14.3. The van der Waals surface area contributed by atoms with Crippen molar-refractivity contribution in [2.75, 3.05) is 25.1 Å². The first-order valence-electron chi connectivity index (χ1n) is 6.57. The Bertz CT molecular complexity index is 419. The van der Waals surface area contributed by atoms with Crippen LogP contribution >= 0.6 is 0 Å². The molecule has 0 saturated heterocycles. The summed E-state index contributed by atoms with van der Waals surface area (Å²) in [7, 11) is 0. The Hall–Kier alpha value is -1.62.